The van der Waals surface area contributed by atoms with Gasteiger partial charge in [0.1, 0.15) is 0 Å². The van der Waals surface area contributed by atoms with Crippen molar-refractivity contribution in [2.24, 2.45) is 11.5 Å². The predicted molar refractivity (Wildman–Crippen MR) is 92.9 cm³/mol. The Morgan fingerprint density at radius 3 is 1.82 bits per heavy atom. The van der Waals surface area contributed by atoms with Crippen molar-refractivity contribution in [2.45, 2.75) is 10.3 Å². The molecule has 0 bridgehead atoms. The Bertz CT molecular complexity index is 494. The minimum atomic E-state index is -0.108. The van der Waals surface area contributed by atoms with Crippen molar-refractivity contribution in [2.75, 3.05) is 31.2 Å². The van der Waals surface area contributed by atoms with E-state index in [1.54, 1.807) is 0 Å². The highest BCUT2D eigenvalue weighted by atomic mass is 35.5. The van der Waals surface area contributed by atoms with Crippen molar-refractivity contribution in [3.63, 3.8) is 0 Å². The molecule has 0 atom stereocenters. The number of hydrogen-bond acceptors (Lipinski definition) is 9. The number of morpholine rings is 1. The van der Waals surface area contributed by atoms with Crippen LogP contribution >= 0.6 is 48.3 Å². The topological polar surface area (TPSA) is 151 Å². The summed E-state index contributed by atoms with van der Waals surface area (Å²) < 4.78 is 5.28. The summed E-state index contributed by atoms with van der Waals surface area (Å²) in [5, 5.41) is 15.0. The fourth-order valence-electron chi connectivity index (χ4n) is 1.52. The van der Waals surface area contributed by atoms with Gasteiger partial charge in [0, 0.05) is 13.1 Å². The van der Waals surface area contributed by atoms with Gasteiger partial charge in [-0.3, -0.25) is 10.8 Å². The first-order valence-electron chi connectivity index (χ1n) is 5.67. The van der Waals surface area contributed by atoms with Gasteiger partial charge in [0.05, 0.1) is 13.2 Å². The lowest BCUT2D eigenvalue weighted by Gasteiger charge is -2.26. The second-order valence-corrected chi connectivity index (χ2v) is 5.75. The van der Waals surface area contributed by atoms with Crippen LogP contribution in [-0.4, -0.2) is 51.6 Å². The SMILES string of the molecule is Cl.Cl.N=C(N)Sc1nc(SC(=N)N)nc(N2CCOCC2)n1. The lowest BCUT2D eigenvalue weighted by atomic mass is 10.4. The third-order valence-corrected chi connectivity index (χ3v) is 3.45. The Morgan fingerprint density at radius 1 is 0.955 bits per heavy atom. The number of nitrogens with two attached hydrogens (primary N) is 2. The number of nitrogens with one attached hydrogen (secondary N) is 2. The van der Waals surface area contributed by atoms with E-state index in [-0.39, 0.29) is 35.1 Å². The Hall–Kier alpha value is -1.01. The molecule has 0 spiro atoms. The normalized spacial score (nSPS) is 13.7. The van der Waals surface area contributed by atoms with Gasteiger partial charge in [0.2, 0.25) is 16.3 Å². The molecule has 2 rings (SSSR count). The molecule has 1 aliphatic rings. The van der Waals surface area contributed by atoms with E-state index >= 15 is 0 Å². The summed E-state index contributed by atoms with van der Waals surface area (Å²) in [5.74, 6) is 0.482. The van der Waals surface area contributed by atoms with E-state index < -0.39 is 0 Å². The van der Waals surface area contributed by atoms with E-state index in [1.807, 2.05) is 4.90 Å². The van der Waals surface area contributed by atoms with Gasteiger partial charge in [-0.1, -0.05) is 0 Å². The number of anilines is 1. The van der Waals surface area contributed by atoms with E-state index in [0.29, 0.717) is 42.6 Å². The highest BCUT2D eigenvalue weighted by molar-refractivity contribution is 8.14. The Labute approximate surface area is 148 Å². The molecule has 2 heterocycles. The monoisotopic (exact) mass is 386 g/mol. The highest BCUT2D eigenvalue weighted by Crippen LogP contribution is 2.21. The van der Waals surface area contributed by atoms with Gasteiger partial charge in [-0.15, -0.1) is 24.8 Å². The van der Waals surface area contributed by atoms with Crippen molar-refractivity contribution in [3.8, 4) is 0 Å². The lowest BCUT2D eigenvalue weighted by molar-refractivity contribution is 0.122. The number of rotatable bonds is 3. The molecule has 13 heteroatoms. The summed E-state index contributed by atoms with van der Waals surface area (Å²) in [4.78, 5) is 14.6. The maximum absolute atomic E-state index is 7.29. The van der Waals surface area contributed by atoms with Crippen LogP contribution in [0.4, 0.5) is 5.95 Å². The zero-order valence-electron chi connectivity index (χ0n) is 11.3. The van der Waals surface area contributed by atoms with E-state index in [0.717, 1.165) is 23.5 Å². The Morgan fingerprint density at radius 2 is 1.41 bits per heavy atom. The number of amidine groups is 2. The van der Waals surface area contributed by atoms with E-state index in [1.165, 1.54) is 0 Å². The number of ether oxygens (including phenoxy) is 1. The number of nitrogens with zero attached hydrogens (tertiary/aromatic N) is 4. The van der Waals surface area contributed by atoms with E-state index in [9.17, 15) is 0 Å². The molecule has 0 saturated carbocycles. The van der Waals surface area contributed by atoms with Crippen molar-refractivity contribution in [1.82, 2.24) is 15.0 Å². The van der Waals surface area contributed by atoms with Crippen molar-refractivity contribution in [1.29, 1.82) is 10.8 Å². The molecule has 22 heavy (non-hydrogen) atoms. The predicted octanol–water partition coefficient (Wildman–Crippen LogP) is 0.523. The average Bonchev–Trinajstić information content (AvgIpc) is 2.38. The third kappa shape index (κ3) is 6.40. The Balaban J connectivity index is 0.00000220. The molecule has 6 N–H and O–H groups in total. The first-order valence-corrected chi connectivity index (χ1v) is 7.30. The van der Waals surface area contributed by atoms with Gasteiger partial charge < -0.3 is 21.1 Å². The Kier molecular flexibility index (Phi) is 9.44. The van der Waals surface area contributed by atoms with Gasteiger partial charge >= 0.3 is 0 Å². The smallest absolute Gasteiger partial charge is 0.230 e. The number of aromatic nitrogens is 3. The summed E-state index contributed by atoms with van der Waals surface area (Å²) in [5.41, 5.74) is 10.7. The fraction of sp³-hybridized carbons (Fsp3) is 0.444. The molecule has 0 amide bonds. The van der Waals surface area contributed by atoms with Gasteiger partial charge in [-0.05, 0) is 23.5 Å². The van der Waals surface area contributed by atoms with Crippen LogP contribution < -0.4 is 16.4 Å². The summed E-state index contributed by atoms with van der Waals surface area (Å²) in [6, 6.07) is 0. The van der Waals surface area contributed by atoms with Crippen LogP contribution in [0.3, 0.4) is 0 Å². The van der Waals surface area contributed by atoms with Crippen molar-refractivity contribution >= 4 is 64.6 Å². The molecule has 0 radical (unpaired) electrons. The maximum Gasteiger partial charge on any atom is 0.230 e. The standard InChI is InChI=1S/C9H14N8OS2.2ClH/c10-5(11)19-8-14-7(17-1-3-18-4-2-17)15-9(16-8)20-6(12)13;;/h1-4H2,(H3,10,11)(H3,12,13);2*1H. The van der Waals surface area contributed by atoms with Crippen LogP contribution in [0.2, 0.25) is 0 Å². The quantitative estimate of drug-likeness (QED) is 0.330. The number of hydrogen-bond donors (Lipinski definition) is 4. The molecule has 9 nitrogen and oxygen atoms in total. The van der Waals surface area contributed by atoms with Crippen LogP contribution in [0.25, 0.3) is 0 Å². The maximum atomic E-state index is 7.29. The fourth-order valence-corrected chi connectivity index (χ4v) is 2.49. The molecule has 0 aliphatic carbocycles. The summed E-state index contributed by atoms with van der Waals surface area (Å²) in [6.45, 7) is 2.57. The molecule has 1 aliphatic heterocycles. The average molecular weight is 387 g/mol. The second kappa shape index (κ2) is 9.90. The van der Waals surface area contributed by atoms with Crippen molar-refractivity contribution in [3.05, 3.63) is 0 Å². The lowest BCUT2D eigenvalue weighted by Crippen LogP contribution is -2.37. The molecule has 1 aromatic rings. The first-order chi connectivity index (χ1) is 9.54. The highest BCUT2D eigenvalue weighted by Gasteiger charge is 2.17. The molecular formula is C9H16Cl2N8OS2. The zero-order chi connectivity index (χ0) is 14.5. The molecule has 1 fully saturated rings. The number of halogens is 2. The van der Waals surface area contributed by atoms with Gasteiger partial charge in [-0.2, -0.15) is 15.0 Å². The minimum absolute atomic E-state index is 0. The second-order valence-electron chi connectivity index (χ2n) is 3.73. The van der Waals surface area contributed by atoms with Gasteiger partial charge in [-0.25, -0.2) is 0 Å². The summed E-state index contributed by atoms with van der Waals surface area (Å²) >= 11 is 1.87. The molecular weight excluding hydrogens is 371 g/mol. The van der Waals surface area contributed by atoms with Crippen LogP contribution in [0.15, 0.2) is 10.3 Å². The van der Waals surface area contributed by atoms with E-state index in [4.69, 9.17) is 27.0 Å². The largest absolute Gasteiger partial charge is 0.378 e. The summed E-state index contributed by atoms with van der Waals surface area (Å²) in [7, 11) is 0. The summed E-state index contributed by atoms with van der Waals surface area (Å²) in [6.07, 6.45) is 0. The van der Waals surface area contributed by atoms with E-state index in [2.05, 4.69) is 15.0 Å². The zero-order valence-corrected chi connectivity index (χ0v) is 14.6. The third-order valence-electron chi connectivity index (χ3n) is 2.28. The molecule has 0 aromatic carbocycles. The van der Waals surface area contributed by atoms with Crippen LogP contribution in [0.5, 0.6) is 0 Å². The molecule has 1 aromatic heterocycles. The minimum Gasteiger partial charge on any atom is -0.378 e. The molecule has 124 valence electrons. The first kappa shape index (κ1) is 21.0. The van der Waals surface area contributed by atoms with Crippen LogP contribution in [0, 0.1) is 10.8 Å². The van der Waals surface area contributed by atoms with Gasteiger partial charge in [0.15, 0.2) is 10.3 Å². The van der Waals surface area contributed by atoms with Crippen LogP contribution in [-0.2, 0) is 4.74 Å². The molecule has 1 saturated heterocycles. The number of thioether (sulfide) groups is 2. The van der Waals surface area contributed by atoms with Gasteiger partial charge in [0.25, 0.3) is 0 Å². The molecule has 0 unspecified atom stereocenters. The van der Waals surface area contributed by atoms with Crippen molar-refractivity contribution < 1.29 is 4.74 Å². The van der Waals surface area contributed by atoms with Crippen LogP contribution in [0.1, 0.15) is 0 Å².